The number of aryl methyl sites for hydroxylation is 1. The molecule has 0 spiro atoms. The molecule has 1 aliphatic rings. The Morgan fingerprint density at radius 3 is 2.63 bits per heavy atom. The molecule has 1 aromatic heterocycles. The molecule has 100 valence electrons. The average molecular weight is 267 g/mol. The number of alkyl halides is 3. The SMILES string of the molecule is Cc1cccc(-n2nc(C(F)(F)F)cc2C2CN2)c1. The molecule has 1 N–H and O–H groups in total. The van der Waals surface area contributed by atoms with Crippen molar-refractivity contribution in [2.75, 3.05) is 6.54 Å². The van der Waals surface area contributed by atoms with Crippen LogP contribution in [0.2, 0.25) is 0 Å². The standard InChI is InChI=1S/C13H12F3N3/c1-8-3-2-4-9(5-8)19-11(10-7-17-10)6-12(18-19)13(14,15)16/h2-6,10,17H,7H2,1H3. The van der Waals surface area contributed by atoms with Crippen molar-refractivity contribution in [3.8, 4) is 5.69 Å². The van der Waals surface area contributed by atoms with Crippen LogP contribution in [0.3, 0.4) is 0 Å². The van der Waals surface area contributed by atoms with Crippen LogP contribution in [0.1, 0.15) is 23.0 Å². The molecule has 1 atom stereocenters. The van der Waals surface area contributed by atoms with E-state index in [0.717, 1.165) is 11.6 Å². The first-order valence-corrected chi connectivity index (χ1v) is 5.93. The second-order valence-electron chi connectivity index (χ2n) is 4.66. The van der Waals surface area contributed by atoms with Gasteiger partial charge in [0.25, 0.3) is 0 Å². The Morgan fingerprint density at radius 2 is 2.05 bits per heavy atom. The van der Waals surface area contributed by atoms with E-state index in [9.17, 15) is 13.2 Å². The lowest BCUT2D eigenvalue weighted by molar-refractivity contribution is -0.141. The van der Waals surface area contributed by atoms with Crippen LogP contribution in [-0.2, 0) is 6.18 Å². The lowest BCUT2D eigenvalue weighted by Crippen LogP contribution is -2.07. The minimum Gasteiger partial charge on any atom is -0.306 e. The summed E-state index contributed by atoms with van der Waals surface area (Å²) in [7, 11) is 0. The van der Waals surface area contributed by atoms with E-state index in [-0.39, 0.29) is 6.04 Å². The number of halogens is 3. The van der Waals surface area contributed by atoms with Crippen LogP contribution in [-0.4, -0.2) is 16.3 Å². The third-order valence-corrected chi connectivity index (χ3v) is 3.04. The Kier molecular flexibility index (Phi) is 2.63. The first-order valence-electron chi connectivity index (χ1n) is 5.93. The molecule has 1 aliphatic heterocycles. The number of hydrogen-bond donors (Lipinski definition) is 1. The molecule has 1 fully saturated rings. The van der Waals surface area contributed by atoms with Gasteiger partial charge in [-0.1, -0.05) is 12.1 Å². The molecule has 3 nitrogen and oxygen atoms in total. The van der Waals surface area contributed by atoms with Gasteiger partial charge >= 0.3 is 6.18 Å². The smallest absolute Gasteiger partial charge is 0.306 e. The molecular formula is C13H12F3N3. The maximum Gasteiger partial charge on any atom is 0.435 e. The van der Waals surface area contributed by atoms with E-state index in [1.54, 1.807) is 6.07 Å². The lowest BCUT2D eigenvalue weighted by Gasteiger charge is -2.06. The van der Waals surface area contributed by atoms with E-state index in [2.05, 4.69) is 10.4 Å². The fraction of sp³-hybridized carbons (Fsp3) is 0.308. The maximum atomic E-state index is 12.8. The number of nitrogens with one attached hydrogen (secondary N) is 1. The zero-order valence-electron chi connectivity index (χ0n) is 10.2. The summed E-state index contributed by atoms with van der Waals surface area (Å²) in [5.74, 6) is 0. The van der Waals surface area contributed by atoms with Gasteiger partial charge in [-0.25, -0.2) is 4.68 Å². The van der Waals surface area contributed by atoms with Crippen LogP contribution in [0, 0.1) is 6.92 Å². The number of nitrogens with zero attached hydrogens (tertiary/aromatic N) is 2. The summed E-state index contributed by atoms with van der Waals surface area (Å²) < 4.78 is 39.7. The molecule has 6 heteroatoms. The van der Waals surface area contributed by atoms with E-state index >= 15 is 0 Å². The Balaban J connectivity index is 2.11. The van der Waals surface area contributed by atoms with Crippen molar-refractivity contribution in [3.63, 3.8) is 0 Å². The highest BCUT2D eigenvalue weighted by Crippen LogP contribution is 2.33. The molecule has 19 heavy (non-hydrogen) atoms. The van der Waals surface area contributed by atoms with Gasteiger partial charge in [-0.2, -0.15) is 18.3 Å². The van der Waals surface area contributed by atoms with Gasteiger partial charge in [0.05, 0.1) is 17.4 Å². The summed E-state index contributed by atoms with van der Waals surface area (Å²) in [5.41, 5.74) is 1.34. The predicted molar refractivity (Wildman–Crippen MR) is 64.0 cm³/mol. The Morgan fingerprint density at radius 1 is 1.32 bits per heavy atom. The van der Waals surface area contributed by atoms with E-state index in [1.807, 2.05) is 25.1 Å². The summed E-state index contributed by atoms with van der Waals surface area (Å²) in [6.07, 6.45) is -4.42. The molecule has 3 rings (SSSR count). The molecule has 0 saturated carbocycles. The minimum atomic E-state index is -4.42. The van der Waals surface area contributed by atoms with E-state index in [1.165, 1.54) is 4.68 Å². The van der Waals surface area contributed by atoms with Crippen LogP contribution >= 0.6 is 0 Å². The van der Waals surface area contributed by atoms with Gasteiger partial charge in [-0.15, -0.1) is 0 Å². The summed E-state index contributed by atoms with van der Waals surface area (Å²) in [5, 5.41) is 6.72. The highest BCUT2D eigenvalue weighted by Gasteiger charge is 2.37. The Hall–Kier alpha value is -1.82. The minimum absolute atomic E-state index is 0.0379. The highest BCUT2D eigenvalue weighted by molar-refractivity contribution is 5.38. The molecule has 0 radical (unpaired) electrons. The predicted octanol–water partition coefficient (Wildman–Crippen LogP) is 2.84. The van der Waals surface area contributed by atoms with Gasteiger partial charge in [0.1, 0.15) is 0 Å². The number of hydrogen-bond acceptors (Lipinski definition) is 2. The van der Waals surface area contributed by atoms with Crippen molar-refractivity contribution >= 4 is 0 Å². The van der Waals surface area contributed by atoms with Crippen LogP contribution in [0.15, 0.2) is 30.3 Å². The first-order chi connectivity index (χ1) is 8.95. The highest BCUT2D eigenvalue weighted by atomic mass is 19.4. The van der Waals surface area contributed by atoms with Crippen LogP contribution in [0.4, 0.5) is 13.2 Å². The maximum absolute atomic E-state index is 12.8. The lowest BCUT2D eigenvalue weighted by atomic mass is 10.2. The summed E-state index contributed by atoms with van der Waals surface area (Å²) >= 11 is 0. The Labute approximate surface area is 108 Å². The molecular weight excluding hydrogens is 255 g/mol. The third-order valence-electron chi connectivity index (χ3n) is 3.04. The summed E-state index contributed by atoms with van der Waals surface area (Å²) in [4.78, 5) is 0. The third kappa shape index (κ3) is 2.35. The van der Waals surface area contributed by atoms with Crippen molar-refractivity contribution in [3.05, 3.63) is 47.3 Å². The number of aromatic nitrogens is 2. The zero-order valence-corrected chi connectivity index (χ0v) is 10.2. The van der Waals surface area contributed by atoms with Gasteiger partial charge in [0.2, 0.25) is 0 Å². The van der Waals surface area contributed by atoms with Gasteiger partial charge < -0.3 is 5.32 Å². The van der Waals surface area contributed by atoms with Crippen LogP contribution < -0.4 is 5.32 Å². The molecule has 1 saturated heterocycles. The average Bonchev–Trinajstić information content (AvgIpc) is 3.06. The number of benzene rings is 1. The van der Waals surface area contributed by atoms with Crippen molar-refractivity contribution in [1.29, 1.82) is 0 Å². The number of rotatable bonds is 2. The van der Waals surface area contributed by atoms with E-state index in [0.29, 0.717) is 17.9 Å². The van der Waals surface area contributed by atoms with Crippen LogP contribution in [0.5, 0.6) is 0 Å². The van der Waals surface area contributed by atoms with E-state index < -0.39 is 11.9 Å². The molecule has 1 aromatic carbocycles. The second kappa shape index (κ2) is 4.09. The normalized spacial score (nSPS) is 18.6. The second-order valence-corrected chi connectivity index (χ2v) is 4.66. The van der Waals surface area contributed by atoms with Gasteiger partial charge in [0.15, 0.2) is 5.69 Å². The van der Waals surface area contributed by atoms with Crippen molar-refractivity contribution in [1.82, 2.24) is 15.1 Å². The Bertz CT molecular complexity index is 612. The largest absolute Gasteiger partial charge is 0.435 e. The quantitative estimate of drug-likeness (QED) is 0.850. The topological polar surface area (TPSA) is 39.8 Å². The van der Waals surface area contributed by atoms with E-state index in [4.69, 9.17) is 0 Å². The van der Waals surface area contributed by atoms with Crippen molar-refractivity contribution in [2.45, 2.75) is 19.1 Å². The molecule has 2 aromatic rings. The van der Waals surface area contributed by atoms with Gasteiger partial charge in [-0.05, 0) is 30.7 Å². The van der Waals surface area contributed by atoms with Crippen molar-refractivity contribution in [2.24, 2.45) is 0 Å². The molecule has 1 unspecified atom stereocenters. The summed E-state index contributed by atoms with van der Waals surface area (Å²) in [6, 6.07) is 8.36. The van der Waals surface area contributed by atoms with Gasteiger partial charge in [0, 0.05) is 6.54 Å². The molecule has 0 aliphatic carbocycles. The van der Waals surface area contributed by atoms with Crippen molar-refractivity contribution < 1.29 is 13.2 Å². The first kappa shape index (κ1) is 12.2. The van der Waals surface area contributed by atoms with Gasteiger partial charge in [-0.3, -0.25) is 0 Å². The molecule has 0 bridgehead atoms. The monoisotopic (exact) mass is 267 g/mol. The fourth-order valence-electron chi connectivity index (χ4n) is 2.02. The van der Waals surface area contributed by atoms with Crippen LogP contribution in [0.25, 0.3) is 5.69 Å². The molecule has 2 heterocycles. The zero-order chi connectivity index (χ0) is 13.6. The summed E-state index contributed by atoms with van der Waals surface area (Å²) in [6.45, 7) is 2.58. The fourth-order valence-corrected chi connectivity index (χ4v) is 2.02. The molecule has 0 amide bonds.